The summed E-state index contributed by atoms with van der Waals surface area (Å²) in [5.41, 5.74) is 11.3. The van der Waals surface area contributed by atoms with Crippen LogP contribution >= 0.6 is 11.6 Å². The molecule has 1 heterocycles. The van der Waals surface area contributed by atoms with Crippen LogP contribution in [0.1, 0.15) is 13.8 Å². The monoisotopic (exact) mass is 257 g/mol. The Morgan fingerprint density at radius 1 is 1.59 bits per heavy atom. The highest BCUT2D eigenvalue weighted by Gasteiger charge is 2.16. The van der Waals surface area contributed by atoms with Crippen molar-refractivity contribution < 1.29 is 4.79 Å². The second-order valence-electron chi connectivity index (χ2n) is 4.16. The first-order valence-corrected chi connectivity index (χ1v) is 5.59. The maximum Gasteiger partial charge on any atom is 0.236 e. The molecule has 0 aromatic carbocycles. The van der Waals surface area contributed by atoms with Crippen LogP contribution in [0, 0.1) is 5.92 Å². The Morgan fingerprint density at radius 3 is 2.76 bits per heavy atom. The number of aromatic nitrogens is 2. The Balaban J connectivity index is 3.02. The summed E-state index contributed by atoms with van der Waals surface area (Å²) in [6.07, 6.45) is 1.42. The number of anilines is 2. The Morgan fingerprint density at radius 2 is 2.24 bits per heavy atom. The van der Waals surface area contributed by atoms with E-state index in [0.29, 0.717) is 24.0 Å². The molecular formula is C10H16ClN5O. The van der Waals surface area contributed by atoms with E-state index in [1.165, 1.54) is 6.20 Å². The molecule has 0 aliphatic rings. The number of halogens is 1. The molecule has 0 atom stereocenters. The predicted octanol–water partition coefficient (Wildman–Crippen LogP) is 0.660. The normalized spacial score (nSPS) is 10.6. The number of nitrogens with two attached hydrogens (primary N) is 2. The summed E-state index contributed by atoms with van der Waals surface area (Å²) in [6, 6.07) is 0. The summed E-state index contributed by atoms with van der Waals surface area (Å²) in [7, 11) is 0. The van der Waals surface area contributed by atoms with Gasteiger partial charge in [0.2, 0.25) is 11.2 Å². The smallest absolute Gasteiger partial charge is 0.236 e. The van der Waals surface area contributed by atoms with E-state index in [0.717, 1.165) is 0 Å². The van der Waals surface area contributed by atoms with E-state index in [2.05, 4.69) is 9.97 Å². The highest BCUT2D eigenvalue weighted by molar-refractivity contribution is 6.28. The van der Waals surface area contributed by atoms with Gasteiger partial charge < -0.3 is 16.4 Å². The van der Waals surface area contributed by atoms with Crippen LogP contribution in [0.15, 0.2) is 6.20 Å². The number of carbonyl (C=O) groups excluding carboxylic acids is 1. The molecule has 0 spiro atoms. The second kappa shape index (κ2) is 5.67. The zero-order valence-electron chi connectivity index (χ0n) is 9.85. The van der Waals surface area contributed by atoms with Gasteiger partial charge in [0, 0.05) is 6.54 Å². The van der Waals surface area contributed by atoms with Crippen LogP contribution in [0.3, 0.4) is 0 Å². The highest BCUT2D eigenvalue weighted by Crippen LogP contribution is 2.21. The molecular weight excluding hydrogens is 242 g/mol. The van der Waals surface area contributed by atoms with Crippen LogP contribution < -0.4 is 16.4 Å². The molecule has 94 valence electrons. The van der Waals surface area contributed by atoms with Gasteiger partial charge in [0.15, 0.2) is 5.82 Å². The van der Waals surface area contributed by atoms with E-state index in [1.54, 1.807) is 4.90 Å². The quantitative estimate of drug-likeness (QED) is 0.755. The van der Waals surface area contributed by atoms with E-state index < -0.39 is 5.91 Å². The third kappa shape index (κ3) is 4.07. The summed E-state index contributed by atoms with van der Waals surface area (Å²) < 4.78 is 0. The van der Waals surface area contributed by atoms with Gasteiger partial charge in [-0.05, 0) is 17.5 Å². The van der Waals surface area contributed by atoms with Crippen molar-refractivity contribution in [3.8, 4) is 0 Å². The zero-order valence-corrected chi connectivity index (χ0v) is 10.6. The molecule has 1 amide bonds. The molecule has 4 N–H and O–H groups in total. The molecule has 0 fully saturated rings. The molecule has 7 heteroatoms. The van der Waals surface area contributed by atoms with Crippen LogP contribution in [0.25, 0.3) is 0 Å². The Hall–Kier alpha value is -1.56. The minimum absolute atomic E-state index is 0.0513. The maximum absolute atomic E-state index is 11.0. The van der Waals surface area contributed by atoms with Gasteiger partial charge in [0.1, 0.15) is 0 Å². The lowest BCUT2D eigenvalue weighted by atomic mass is 10.2. The van der Waals surface area contributed by atoms with Crippen molar-refractivity contribution in [1.82, 2.24) is 9.97 Å². The maximum atomic E-state index is 11.0. The van der Waals surface area contributed by atoms with Crippen LogP contribution in [-0.4, -0.2) is 29.0 Å². The first kappa shape index (κ1) is 13.5. The molecule has 6 nitrogen and oxygen atoms in total. The highest BCUT2D eigenvalue weighted by atomic mass is 35.5. The summed E-state index contributed by atoms with van der Waals surface area (Å²) in [5, 5.41) is 0.0902. The second-order valence-corrected chi connectivity index (χ2v) is 4.50. The number of carbonyl (C=O) groups is 1. The average molecular weight is 258 g/mol. The van der Waals surface area contributed by atoms with Crippen molar-refractivity contribution in [2.45, 2.75) is 13.8 Å². The molecule has 1 aromatic rings. The predicted molar refractivity (Wildman–Crippen MR) is 67.7 cm³/mol. The number of amides is 1. The van der Waals surface area contributed by atoms with Crippen molar-refractivity contribution in [3.63, 3.8) is 0 Å². The third-order valence-electron chi connectivity index (χ3n) is 2.00. The Bertz CT molecular complexity index is 410. The molecule has 0 bridgehead atoms. The van der Waals surface area contributed by atoms with Gasteiger partial charge in [0.25, 0.3) is 0 Å². The summed E-state index contributed by atoms with van der Waals surface area (Å²) in [6.45, 7) is 4.70. The molecule has 0 radical (unpaired) electrons. The lowest BCUT2D eigenvalue weighted by Crippen LogP contribution is -2.37. The standard InChI is InChI=1S/C10H16ClN5O/c1-6(2)4-16(5-8(13)17)9-7(12)3-14-10(11)15-9/h3,6H,4-5,12H2,1-2H3,(H2,13,17). The Labute approximate surface area is 105 Å². The fourth-order valence-corrected chi connectivity index (χ4v) is 1.60. The topological polar surface area (TPSA) is 98.1 Å². The van der Waals surface area contributed by atoms with Crippen molar-refractivity contribution in [1.29, 1.82) is 0 Å². The van der Waals surface area contributed by atoms with Gasteiger partial charge in [-0.3, -0.25) is 4.79 Å². The van der Waals surface area contributed by atoms with E-state index in [4.69, 9.17) is 23.1 Å². The van der Waals surface area contributed by atoms with Crippen molar-refractivity contribution in [2.24, 2.45) is 11.7 Å². The SMILES string of the molecule is CC(C)CN(CC(N)=O)c1nc(Cl)ncc1N. The van der Waals surface area contributed by atoms with Crippen LogP contribution in [0.5, 0.6) is 0 Å². The Kier molecular flexibility index (Phi) is 4.51. The number of hydrogen-bond donors (Lipinski definition) is 2. The fraction of sp³-hybridized carbons (Fsp3) is 0.500. The first-order valence-electron chi connectivity index (χ1n) is 5.21. The van der Waals surface area contributed by atoms with E-state index in [-0.39, 0.29) is 11.8 Å². The van der Waals surface area contributed by atoms with Gasteiger partial charge in [-0.1, -0.05) is 13.8 Å². The van der Waals surface area contributed by atoms with Crippen molar-refractivity contribution in [2.75, 3.05) is 23.7 Å². The molecule has 1 rings (SSSR count). The van der Waals surface area contributed by atoms with E-state index in [9.17, 15) is 4.79 Å². The molecule has 0 saturated heterocycles. The average Bonchev–Trinajstić information content (AvgIpc) is 2.19. The van der Waals surface area contributed by atoms with Gasteiger partial charge in [-0.15, -0.1) is 0 Å². The van der Waals surface area contributed by atoms with Crippen LogP contribution in [0.4, 0.5) is 11.5 Å². The van der Waals surface area contributed by atoms with Crippen LogP contribution in [0.2, 0.25) is 5.28 Å². The summed E-state index contributed by atoms with van der Waals surface area (Å²) >= 11 is 5.71. The lowest BCUT2D eigenvalue weighted by molar-refractivity contribution is -0.116. The summed E-state index contributed by atoms with van der Waals surface area (Å²) in [5.74, 6) is 0.333. The molecule has 1 aromatic heterocycles. The fourth-order valence-electron chi connectivity index (χ4n) is 1.47. The lowest BCUT2D eigenvalue weighted by Gasteiger charge is -2.25. The molecule has 0 aliphatic carbocycles. The minimum atomic E-state index is -0.445. The number of hydrogen-bond acceptors (Lipinski definition) is 5. The number of nitrogen functional groups attached to an aromatic ring is 1. The van der Waals surface area contributed by atoms with E-state index >= 15 is 0 Å². The first-order chi connectivity index (χ1) is 7.90. The van der Waals surface area contributed by atoms with Crippen molar-refractivity contribution in [3.05, 3.63) is 11.5 Å². The van der Waals surface area contributed by atoms with Crippen LogP contribution in [-0.2, 0) is 4.79 Å². The molecule has 0 unspecified atom stereocenters. The van der Waals surface area contributed by atoms with Gasteiger partial charge in [-0.25, -0.2) is 4.98 Å². The largest absolute Gasteiger partial charge is 0.394 e. The molecule has 0 aliphatic heterocycles. The number of rotatable bonds is 5. The number of primary amides is 1. The molecule has 17 heavy (non-hydrogen) atoms. The van der Waals surface area contributed by atoms with Gasteiger partial charge in [-0.2, -0.15) is 4.98 Å². The molecule has 0 saturated carbocycles. The van der Waals surface area contributed by atoms with Gasteiger partial charge >= 0.3 is 0 Å². The van der Waals surface area contributed by atoms with Gasteiger partial charge in [0.05, 0.1) is 18.4 Å². The zero-order chi connectivity index (χ0) is 13.0. The minimum Gasteiger partial charge on any atom is -0.394 e. The van der Waals surface area contributed by atoms with Crippen molar-refractivity contribution >= 4 is 29.0 Å². The number of nitrogens with zero attached hydrogens (tertiary/aromatic N) is 3. The van der Waals surface area contributed by atoms with E-state index in [1.807, 2.05) is 13.8 Å². The third-order valence-corrected chi connectivity index (χ3v) is 2.18. The summed E-state index contributed by atoms with van der Waals surface area (Å²) in [4.78, 5) is 20.5.